The molecule has 11 nitrogen and oxygen atoms in total. The molecule has 2 aliphatic carbocycles. The van der Waals surface area contributed by atoms with Gasteiger partial charge < -0.3 is 14.9 Å². The highest BCUT2D eigenvalue weighted by molar-refractivity contribution is 6.30. The number of rotatable bonds is 9. The van der Waals surface area contributed by atoms with Crippen molar-refractivity contribution in [2.75, 3.05) is 12.0 Å². The van der Waals surface area contributed by atoms with E-state index in [0.717, 1.165) is 40.2 Å². The number of phenolic OH excluding ortho intramolecular Hbond substituents is 1. The lowest BCUT2D eigenvalue weighted by atomic mass is 9.49. The fraction of sp³-hybridized carbons (Fsp3) is 0.324. The number of carbonyl (C=O) groups excluding carboxylic acids is 4. The molecule has 0 aromatic heterocycles. The Morgan fingerprint density at radius 3 is 2.32 bits per heavy atom. The summed E-state index contributed by atoms with van der Waals surface area (Å²) >= 11 is 6.25. The van der Waals surface area contributed by atoms with Gasteiger partial charge in [-0.2, -0.15) is 5.01 Å². The Balaban J connectivity index is 1.43. The minimum absolute atomic E-state index is 0.000986. The molecule has 53 heavy (non-hydrogen) atoms. The maximum Gasteiger partial charge on any atom is 0.573 e. The van der Waals surface area contributed by atoms with Crippen LogP contribution in [0.5, 0.6) is 11.5 Å². The average Bonchev–Trinajstić information content (AvgIpc) is 3.47. The molecule has 1 saturated carbocycles. The molecule has 4 aliphatic rings. The van der Waals surface area contributed by atoms with Crippen LogP contribution >= 0.6 is 11.6 Å². The Kier molecular flexibility index (Phi) is 8.95. The van der Waals surface area contributed by atoms with Gasteiger partial charge in [0.25, 0.3) is 11.8 Å². The van der Waals surface area contributed by atoms with Gasteiger partial charge in [-0.15, -0.1) is 13.2 Å². The number of carboxylic acids is 1. The molecule has 0 radical (unpaired) electrons. The van der Waals surface area contributed by atoms with Gasteiger partial charge >= 0.3 is 12.3 Å². The Labute approximate surface area is 303 Å². The van der Waals surface area contributed by atoms with Crippen molar-refractivity contribution in [2.45, 2.75) is 43.4 Å². The molecular weight excluding hydrogens is 726 g/mol. The van der Waals surface area contributed by atoms with E-state index in [1.165, 1.54) is 36.4 Å². The number of carbonyl (C=O) groups is 5. The Morgan fingerprint density at radius 2 is 1.66 bits per heavy atom. The van der Waals surface area contributed by atoms with Crippen molar-refractivity contribution >= 4 is 46.9 Å². The quantitative estimate of drug-likeness (QED) is 0.137. The lowest BCUT2D eigenvalue weighted by Crippen LogP contribution is -2.53. The molecule has 16 heteroatoms. The first-order chi connectivity index (χ1) is 25.1. The summed E-state index contributed by atoms with van der Waals surface area (Å²) in [4.78, 5) is 69.6. The second kappa shape index (κ2) is 13.2. The smallest absolute Gasteiger partial charge is 0.508 e. The Hall–Kier alpha value is -5.44. The number of hydrogen-bond acceptors (Lipinski definition) is 8. The van der Waals surface area contributed by atoms with E-state index in [0.29, 0.717) is 5.57 Å². The zero-order valence-electron chi connectivity index (χ0n) is 27.5. The fourth-order valence-corrected chi connectivity index (χ4v) is 8.76. The van der Waals surface area contributed by atoms with Crippen LogP contribution in [-0.2, 0) is 29.4 Å². The summed E-state index contributed by atoms with van der Waals surface area (Å²) in [5.41, 5.74) is 1.30. The molecule has 3 N–H and O–H groups in total. The van der Waals surface area contributed by atoms with Gasteiger partial charge in [-0.05, 0) is 85.3 Å². The molecule has 0 spiro atoms. The standard InChI is InChI=1S/C37H30ClF4N3O8/c38-19-5-3-18(4-6-19)36-27(33(50)45(35(36)52)43-21-9-7-20(39)8-10-21)17-25-23(31(36)26-16-22(11-14-28(26)46)53-37(40,41)42)12-13-24-30(25)34(51)44(32(24)49)15-1-2-29(47)48/h3-12,14,16,24-25,27,30-31,43,46H,1-2,13,15,17H2,(H,47,48)/t24-,25+,27-,30-,31+,36+/m0/s1. The number of hydrazine groups is 1. The summed E-state index contributed by atoms with van der Waals surface area (Å²) in [6, 6.07) is 13.6. The average molecular weight is 756 g/mol. The van der Waals surface area contributed by atoms with Crippen LogP contribution in [0.15, 0.2) is 78.4 Å². The molecule has 2 aliphatic heterocycles. The third-order valence-corrected chi connectivity index (χ3v) is 10.9. The third kappa shape index (κ3) is 6.06. The number of carboxylic acid groups (broad SMARTS) is 1. The zero-order chi connectivity index (χ0) is 38.0. The molecule has 0 unspecified atom stereocenters. The SMILES string of the molecule is O=C(O)CCCN1C(=O)[C@H]2[C@H](CC=C3[C@H]2C[C@H]2C(=O)N(Nc4ccc(F)cc4)C(=O)[C@@]2(c2ccc(Cl)cc2)[C@H]3c2cc(OC(F)(F)F)ccc2O)C1=O. The maximum atomic E-state index is 15.1. The van der Waals surface area contributed by atoms with Crippen LogP contribution in [-0.4, -0.2) is 62.6 Å². The summed E-state index contributed by atoms with van der Waals surface area (Å²) in [6.45, 7) is -0.162. The first kappa shape index (κ1) is 35.9. The number of alkyl halides is 3. The van der Waals surface area contributed by atoms with E-state index >= 15 is 4.79 Å². The summed E-state index contributed by atoms with van der Waals surface area (Å²) in [5, 5.41) is 21.6. The summed E-state index contributed by atoms with van der Waals surface area (Å²) in [7, 11) is 0. The topological polar surface area (TPSA) is 154 Å². The number of phenols is 1. The van der Waals surface area contributed by atoms with Gasteiger partial charge in [-0.1, -0.05) is 35.4 Å². The van der Waals surface area contributed by atoms with E-state index in [-0.39, 0.29) is 54.1 Å². The van der Waals surface area contributed by atoms with Crippen LogP contribution < -0.4 is 10.2 Å². The number of hydrogen-bond donors (Lipinski definition) is 3. The highest BCUT2D eigenvalue weighted by Gasteiger charge is 2.70. The van der Waals surface area contributed by atoms with E-state index in [9.17, 15) is 41.8 Å². The third-order valence-electron chi connectivity index (χ3n) is 10.7. The van der Waals surface area contributed by atoms with Gasteiger partial charge in [0, 0.05) is 29.5 Å². The molecule has 2 saturated heterocycles. The lowest BCUT2D eigenvalue weighted by molar-refractivity contribution is -0.274. The number of halogens is 5. The number of allylic oxidation sites excluding steroid dienone is 2. The van der Waals surface area contributed by atoms with E-state index < -0.39 is 88.3 Å². The molecule has 3 fully saturated rings. The number of benzene rings is 3. The van der Waals surface area contributed by atoms with E-state index in [1.54, 1.807) is 6.08 Å². The highest BCUT2D eigenvalue weighted by atomic mass is 35.5. The molecule has 6 atom stereocenters. The number of aromatic hydroxyl groups is 1. The summed E-state index contributed by atoms with van der Waals surface area (Å²) in [5.74, 6) is -11.3. The number of ether oxygens (including phenoxy) is 1. The monoisotopic (exact) mass is 755 g/mol. The van der Waals surface area contributed by atoms with Crippen LogP contribution in [0.2, 0.25) is 5.02 Å². The zero-order valence-corrected chi connectivity index (χ0v) is 28.2. The van der Waals surface area contributed by atoms with E-state index in [4.69, 9.17) is 16.7 Å². The van der Waals surface area contributed by atoms with Crippen LogP contribution in [0.1, 0.15) is 42.7 Å². The summed E-state index contributed by atoms with van der Waals surface area (Å²) < 4.78 is 58.6. The molecule has 3 aromatic carbocycles. The number of aliphatic carboxylic acids is 1. The number of likely N-dealkylation sites (tertiary alicyclic amines) is 1. The normalized spacial score (nSPS) is 26.6. The predicted molar refractivity (Wildman–Crippen MR) is 177 cm³/mol. The van der Waals surface area contributed by atoms with Gasteiger partial charge in [-0.25, -0.2) is 4.39 Å². The number of fused-ring (bicyclic) bond motifs is 4. The number of anilines is 1. The minimum Gasteiger partial charge on any atom is -0.508 e. The highest BCUT2D eigenvalue weighted by Crippen LogP contribution is 2.65. The van der Waals surface area contributed by atoms with Crippen LogP contribution in [0.3, 0.4) is 0 Å². The van der Waals surface area contributed by atoms with Crippen LogP contribution in [0.25, 0.3) is 0 Å². The van der Waals surface area contributed by atoms with Gasteiger partial charge in [0.1, 0.15) is 17.3 Å². The van der Waals surface area contributed by atoms with Crippen LogP contribution in [0, 0.1) is 29.5 Å². The van der Waals surface area contributed by atoms with Crippen molar-refractivity contribution in [3.8, 4) is 11.5 Å². The molecule has 0 bridgehead atoms. The molecule has 7 rings (SSSR count). The van der Waals surface area contributed by atoms with Gasteiger partial charge in [0.05, 0.1) is 28.9 Å². The van der Waals surface area contributed by atoms with Gasteiger partial charge in [0.15, 0.2) is 0 Å². The predicted octanol–water partition coefficient (Wildman–Crippen LogP) is 5.93. The van der Waals surface area contributed by atoms with Crippen molar-refractivity contribution in [3.05, 3.63) is 100 Å². The van der Waals surface area contributed by atoms with Gasteiger partial charge in [-0.3, -0.25) is 34.3 Å². The van der Waals surface area contributed by atoms with E-state index in [2.05, 4.69) is 10.2 Å². The Morgan fingerprint density at radius 1 is 0.962 bits per heavy atom. The minimum atomic E-state index is -5.13. The van der Waals surface area contributed by atoms with Crippen molar-refractivity contribution < 1.29 is 56.5 Å². The summed E-state index contributed by atoms with van der Waals surface area (Å²) in [6.07, 6.45) is -3.98. The molecule has 276 valence electrons. The first-order valence-corrected chi connectivity index (χ1v) is 17.0. The van der Waals surface area contributed by atoms with Crippen molar-refractivity contribution in [1.29, 1.82) is 0 Å². The maximum absolute atomic E-state index is 15.1. The van der Waals surface area contributed by atoms with E-state index in [1.807, 2.05) is 0 Å². The molecule has 3 aromatic rings. The molecule has 4 amide bonds. The number of imide groups is 2. The molecule has 2 heterocycles. The molecular formula is C37H30ClF4N3O8. The van der Waals surface area contributed by atoms with Crippen molar-refractivity contribution in [2.24, 2.45) is 23.7 Å². The number of nitrogens with zero attached hydrogens (tertiary/aromatic N) is 2. The second-order valence-electron chi connectivity index (χ2n) is 13.5. The number of amides is 4. The van der Waals surface area contributed by atoms with Gasteiger partial charge in [0.2, 0.25) is 11.8 Å². The number of nitrogens with one attached hydrogen (secondary N) is 1. The lowest BCUT2D eigenvalue weighted by Gasteiger charge is -2.50. The largest absolute Gasteiger partial charge is 0.573 e. The van der Waals surface area contributed by atoms with Crippen molar-refractivity contribution in [1.82, 2.24) is 9.91 Å². The Bertz CT molecular complexity index is 2060. The fourth-order valence-electron chi connectivity index (χ4n) is 8.63. The second-order valence-corrected chi connectivity index (χ2v) is 13.9. The first-order valence-electron chi connectivity index (χ1n) is 16.6. The van der Waals surface area contributed by atoms with Crippen LogP contribution in [0.4, 0.5) is 23.2 Å². The van der Waals surface area contributed by atoms with Crippen molar-refractivity contribution in [3.63, 3.8) is 0 Å².